The van der Waals surface area contributed by atoms with Crippen molar-refractivity contribution in [2.75, 3.05) is 23.7 Å². The van der Waals surface area contributed by atoms with Gasteiger partial charge in [-0.15, -0.1) is 0 Å². The van der Waals surface area contributed by atoms with E-state index in [0.29, 0.717) is 17.6 Å². The fourth-order valence-electron chi connectivity index (χ4n) is 2.71. The summed E-state index contributed by atoms with van der Waals surface area (Å²) in [5, 5.41) is 17.5. The molecule has 6 heteroatoms. The van der Waals surface area contributed by atoms with Crippen molar-refractivity contribution in [1.82, 2.24) is 4.98 Å². The Kier molecular flexibility index (Phi) is 5.78. The Labute approximate surface area is 125 Å². The number of hydrogen-bond donors (Lipinski definition) is 2. The van der Waals surface area contributed by atoms with Crippen LogP contribution in [0.25, 0.3) is 0 Å². The molecule has 0 bridgehead atoms. The Bertz CT molecular complexity index is 473. The molecule has 0 atom stereocenters. The summed E-state index contributed by atoms with van der Waals surface area (Å²) in [6.45, 7) is 3.65. The molecule has 2 N–H and O–H groups in total. The molecule has 0 aliphatic heterocycles. The SMILES string of the molecule is CCCNc1ccc([N+](=O)[O-])c(NCC2CCCCC2)n1. The summed E-state index contributed by atoms with van der Waals surface area (Å²) in [5.41, 5.74) is 0.0489. The first-order valence-electron chi connectivity index (χ1n) is 7.84. The van der Waals surface area contributed by atoms with Gasteiger partial charge in [0.15, 0.2) is 0 Å². The van der Waals surface area contributed by atoms with Gasteiger partial charge in [-0.2, -0.15) is 0 Å². The largest absolute Gasteiger partial charge is 0.370 e. The number of anilines is 2. The van der Waals surface area contributed by atoms with Crippen LogP contribution in [0.15, 0.2) is 12.1 Å². The third-order valence-electron chi connectivity index (χ3n) is 3.91. The van der Waals surface area contributed by atoms with Gasteiger partial charge < -0.3 is 10.6 Å². The van der Waals surface area contributed by atoms with Gasteiger partial charge in [-0.1, -0.05) is 26.2 Å². The molecule has 1 aliphatic rings. The zero-order valence-corrected chi connectivity index (χ0v) is 12.6. The van der Waals surface area contributed by atoms with E-state index in [1.54, 1.807) is 6.07 Å². The number of rotatable bonds is 7. The van der Waals surface area contributed by atoms with E-state index in [2.05, 4.69) is 22.5 Å². The molecule has 6 nitrogen and oxygen atoms in total. The molecule has 1 heterocycles. The van der Waals surface area contributed by atoms with Crippen molar-refractivity contribution in [2.24, 2.45) is 5.92 Å². The summed E-state index contributed by atoms with van der Waals surface area (Å²) in [7, 11) is 0. The van der Waals surface area contributed by atoms with E-state index in [-0.39, 0.29) is 10.6 Å². The predicted octanol–water partition coefficient (Wildman–Crippen LogP) is 3.80. The number of nitrogens with one attached hydrogen (secondary N) is 2. The van der Waals surface area contributed by atoms with Gasteiger partial charge in [0.2, 0.25) is 5.82 Å². The minimum atomic E-state index is -0.375. The number of aromatic nitrogens is 1. The molecule has 0 saturated heterocycles. The lowest BCUT2D eigenvalue weighted by molar-refractivity contribution is -0.384. The van der Waals surface area contributed by atoms with Gasteiger partial charge in [0.05, 0.1) is 4.92 Å². The number of pyridine rings is 1. The molecule has 2 rings (SSSR count). The van der Waals surface area contributed by atoms with Crippen LogP contribution < -0.4 is 10.6 Å². The fraction of sp³-hybridized carbons (Fsp3) is 0.667. The van der Waals surface area contributed by atoms with E-state index in [4.69, 9.17) is 0 Å². The van der Waals surface area contributed by atoms with Crippen molar-refractivity contribution in [3.8, 4) is 0 Å². The highest BCUT2D eigenvalue weighted by Crippen LogP contribution is 2.27. The molecule has 0 spiro atoms. The molecular formula is C15H24N4O2. The lowest BCUT2D eigenvalue weighted by Gasteiger charge is -2.22. The zero-order chi connectivity index (χ0) is 15.1. The van der Waals surface area contributed by atoms with E-state index in [1.165, 1.54) is 38.2 Å². The quantitative estimate of drug-likeness (QED) is 0.590. The van der Waals surface area contributed by atoms with Crippen molar-refractivity contribution in [1.29, 1.82) is 0 Å². The second-order valence-corrected chi connectivity index (χ2v) is 5.63. The first-order chi connectivity index (χ1) is 10.2. The average molecular weight is 292 g/mol. The molecule has 0 amide bonds. The maximum absolute atomic E-state index is 11.1. The number of nitro groups is 1. The molecule has 1 aromatic rings. The first-order valence-corrected chi connectivity index (χ1v) is 7.84. The summed E-state index contributed by atoms with van der Waals surface area (Å²) < 4.78 is 0. The van der Waals surface area contributed by atoms with Gasteiger partial charge in [0.1, 0.15) is 5.82 Å². The molecule has 21 heavy (non-hydrogen) atoms. The molecule has 0 radical (unpaired) electrons. The van der Waals surface area contributed by atoms with Crippen LogP contribution in [0.2, 0.25) is 0 Å². The highest BCUT2D eigenvalue weighted by molar-refractivity contribution is 5.60. The average Bonchev–Trinajstić information content (AvgIpc) is 2.51. The number of hydrogen-bond acceptors (Lipinski definition) is 5. The molecular weight excluding hydrogens is 268 g/mol. The van der Waals surface area contributed by atoms with Gasteiger partial charge in [-0.05, 0) is 31.2 Å². The third-order valence-corrected chi connectivity index (χ3v) is 3.91. The predicted molar refractivity (Wildman–Crippen MR) is 84.7 cm³/mol. The Morgan fingerprint density at radius 1 is 1.29 bits per heavy atom. The van der Waals surface area contributed by atoms with Crippen LogP contribution in [0.3, 0.4) is 0 Å². The van der Waals surface area contributed by atoms with Crippen LogP contribution >= 0.6 is 0 Å². The van der Waals surface area contributed by atoms with Crippen molar-refractivity contribution >= 4 is 17.3 Å². The second kappa shape index (κ2) is 7.81. The van der Waals surface area contributed by atoms with Crippen LogP contribution in [0, 0.1) is 16.0 Å². The van der Waals surface area contributed by atoms with Gasteiger partial charge in [-0.3, -0.25) is 10.1 Å². The van der Waals surface area contributed by atoms with Crippen LogP contribution in [-0.2, 0) is 0 Å². The maximum Gasteiger partial charge on any atom is 0.311 e. The van der Waals surface area contributed by atoms with Crippen LogP contribution in [0.1, 0.15) is 45.4 Å². The summed E-state index contributed by atoms with van der Waals surface area (Å²) in [6.07, 6.45) is 7.23. The Morgan fingerprint density at radius 2 is 2.05 bits per heavy atom. The van der Waals surface area contributed by atoms with Crippen molar-refractivity contribution in [3.63, 3.8) is 0 Å². The van der Waals surface area contributed by atoms with E-state index >= 15 is 0 Å². The van der Waals surface area contributed by atoms with E-state index in [9.17, 15) is 10.1 Å². The van der Waals surface area contributed by atoms with Crippen LogP contribution in [0.5, 0.6) is 0 Å². The van der Waals surface area contributed by atoms with Crippen molar-refractivity contribution in [2.45, 2.75) is 45.4 Å². The Hall–Kier alpha value is -1.85. The summed E-state index contributed by atoms with van der Waals surface area (Å²) in [4.78, 5) is 15.1. The molecule has 1 aromatic heterocycles. The minimum absolute atomic E-state index is 0.0489. The Balaban J connectivity index is 2.04. The molecule has 116 valence electrons. The van der Waals surface area contributed by atoms with E-state index < -0.39 is 0 Å². The smallest absolute Gasteiger partial charge is 0.311 e. The molecule has 1 fully saturated rings. The summed E-state index contributed by atoms with van der Waals surface area (Å²) in [5.74, 6) is 1.67. The van der Waals surface area contributed by atoms with Crippen molar-refractivity contribution < 1.29 is 4.92 Å². The maximum atomic E-state index is 11.1. The normalized spacial score (nSPS) is 15.7. The highest BCUT2D eigenvalue weighted by atomic mass is 16.6. The lowest BCUT2D eigenvalue weighted by Crippen LogP contribution is -2.18. The van der Waals surface area contributed by atoms with Gasteiger partial charge >= 0.3 is 5.69 Å². The summed E-state index contributed by atoms with van der Waals surface area (Å²) in [6, 6.07) is 3.19. The monoisotopic (exact) mass is 292 g/mol. The zero-order valence-electron chi connectivity index (χ0n) is 12.6. The van der Waals surface area contributed by atoms with Gasteiger partial charge in [0.25, 0.3) is 0 Å². The van der Waals surface area contributed by atoms with Crippen LogP contribution in [-0.4, -0.2) is 23.0 Å². The van der Waals surface area contributed by atoms with Crippen molar-refractivity contribution in [3.05, 3.63) is 22.2 Å². The second-order valence-electron chi connectivity index (χ2n) is 5.63. The standard InChI is InChI=1S/C15H24N4O2/c1-2-10-16-14-9-8-13(19(20)21)15(18-14)17-11-12-6-4-3-5-7-12/h8-9,12H,2-7,10-11H2,1H3,(H2,16,17,18). The van der Waals surface area contributed by atoms with E-state index in [1.807, 2.05) is 0 Å². The minimum Gasteiger partial charge on any atom is -0.370 e. The summed E-state index contributed by atoms with van der Waals surface area (Å²) >= 11 is 0. The fourth-order valence-corrected chi connectivity index (χ4v) is 2.71. The van der Waals surface area contributed by atoms with E-state index in [0.717, 1.165) is 19.5 Å². The third kappa shape index (κ3) is 4.58. The highest BCUT2D eigenvalue weighted by Gasteiger charge is 2.18. The van der Waals surface area contributed by atoms with Crippen LogP contribution in [0.4, 0.5) is 17.3 Å². The van der Waals surface area contributed by atoms with Gasteiger partial charge in [-0.25, -0.2) is 4.98 Å². The lowest BCUT2D eigenvalue weighted by atomic mass is 9.89. The first kappa shape index (κ1) is 15.5. The Morgan fingerprint density at radius 3 is 2.71 bits per heavy atom. The molecule has 1 saturated carbocycles. The molecule has 0 unspecified atom stereocenters. The number of nitrogens with zero attached hydrogens (tertiary/aromatic N) is 2. The van der Waals surface area contributed by atoms with Gasteiger partial charge in [0, 0.05) is 19.2 Å². The topological polar surface area (TPSA) is 80.1 Å². The molecule has 1 aliphatic carbocycles. The molecule has 0 aromatic carbocycles.